The molecule has 6 aromatic rings. The van der Waals surface area contributed by atoms with Crippen LogP contribution in [-0.4, -0.2) is 0 Å². The number of hydrogen-bond acceptors (Lipinski definition) is 0. The van der Waals surface area contributed by atoms with Gasteiger partial charge in [0, 0.05) is 0 Å². The number of allylic oxidation sites excluding steroid dienone is 2. The van der Waals surface area contributed by atoms with E-state index in [1.807, 2.05) is 6.07 Å². The molecule has 0 aliphatic rings. The average Bonchev–Trinajstić information content (AvgIpc) is 2.99. The quantitative estimate of drug-likeness (QED) is 0.163. The molecule has 6 aromatic carbocycles. The van der Waals surface area contributed by atoms with E-state index in [0.717, 1.165) is 27.8 Å². The van der Waals surface area contributed by atoms with Crippen molar-refractivity contribution in [1.82, 2.24) is 0 Å². The fourth-order valence-electron chi connectivity index (χ4n) is 5.39. The first kappa shape index (κ1) is 23.5. The highest BCUT2D eigenvalue weighted by molar-refractivity contribution is 6.18. The van der Waals surface area contributed by atoms with E-state index in [1.165, 1.54) is 38.2 Å². The lowest BCUT2D eigenvalue weighted by Crippen LogP contribution is -1.97. The standard InChI is InChI=1S/C38H28/c1-27(25-26-29-15-5-3-6-16-29)37-33-21-11-13-23-35(33)38(36-24-14-12-22-34(36)37)28(2)31-19-9-10-20-32(31)30-17-7-4-8-18-30/h3-26H,1-2H2. The summed E-state index contributed by atoms with van der Waals surface area (Å²) < 4.78 is 0. The Labute approximate surface area is 224 Å². The molecule has 180 valence electrons. The molecule has 0 fully saturated rings. The van der Waals surface area contributed by atoms with E-state index in [2.05, 4.69) is 146 Å². The second kappa shape index (κ2) is 10.2. The van der Waals surface area contributed by atoms with Crippen LogP contribution in [0, 0.1) is 0 Å². The summed E-state index contributed by atoms with van der Waals surface area (Å²) in [5.74, 6) is 0. The molecule has 0 amide bonds. The van der Waals surface area contributed by atoms with Crippen molar-refractivity contribution in [3.05, 3.63) is 175 Å². The Balaban J connectivity index is 1.58. The minimum Gasteiger partial charge on any atom is -0.0911 e. The first-order valence-electron chi connectivity index (χ1n) is 12.9. The van der Waals surface area contributed by atoms with Gasteiger partial charge in [-0.15, -0.1) is 0 Å². The van der Waals surface area contributed by atoms with Gasteiger partial charge >= 0.3 is 0 Å². The van der Waals surface area contributed by atoms with Crippen molar-refractivity contribution in [1.29, 1.82) is 0 Å². The molecular weight excluding hydrogens is 456 g/mol. The Bertz CT molecular complexity index is 1760. The van der Waals surface area contributed by atoms with Crippen molar-refractivity contribution in [2.24, 2.45) is 0 Å². The summed E-state index contributed by atoms with van der Waals surface area (Å²) >= 11 is 0. The predicted molar refractivity (Wildman–Crippen MR) is 166 cm³/mol. The number of benzene rings is 6. The minimum atomic E-state index is 0.989. The van der Waals surface area contributed by atoms with Crippen LogP contribution in [0.5, 0.6) is 0 Å². The SMILES string of the molecule is C=C(C=Cc1ccccc1)c1c2ccccc2c(C(=C)c2ccccc2-c2ccccc2)c2ccccc12. The van der Waals surface area contributed by atoms with Crippen LogP contribution < -0.4 is 0 Å². The summed E-state index contributed by atoms with van der Waals surface area (Å²) in [4.78, 5) is 0. The number of fused-ring (bicyclic) bond motifs is 2. The Morgan fingerprint density at radius 2 is 0.947 bits per heavy atom. The molecule has 6 rings (SSSR count). The fourth-order valence-corrected chi connectivity index (χ4v) is 5.39. The van der Waals surface area contributed by atoms with E-state index in [1.54, 1.807) is 0 Å². The Morgan fingerprint density at radius 1 is 0.474 bits per heavy atom. The Kier molecular flexibility index (Phi) is 6.30. The third-order valence-corrected chi connectivity index (χ3v) is 7.17. The first-order valence-corrected chi connectivity index (χ1v) is 12.9. The van der Waals surface area contributed by atoms with Crippen molar-refractivity contribution in [2.75, 3.05) is 0 Å². The van der Waals surface area contributed by atoms with Gasteiger partial charge in [-0.05, 0) is 66.1 Å². The molecule has 38 heavy (non-hydrogen) atoms. The zero-order valence-corrected chi connectivity index (χ0v) is 21.3. The van der Waals surface area contributed by atoms with Crippen molar-refractivity contribution < 1.29 is 0 Å². The molecule has 0 spiro atoms. The van der Waals surface area contributed by atoms with E-state index in [0.29, 0.717) is 0 Å². The molecule has 0 aromatic heterocycles. The van der Waals surface area contributed by atoms with E-state index in [9.17, 15) is 0 Å². The molecule has 0 saturated carbocycles. The summed E-state index contributed by atoms with van der Waals surface area (Å²) in [5.41, 5.74) is 9.02. The molecular formula is C38H28. The van der Waals surface area contributed by atoms with Gasteiger partial charge in [0.1, 0.15) is 0 Å². The van der Waals surface area contributed by atoms with Crippen molar-refractivity contribution >= 4 is 38.8 Å². The van der Waals surface area contributed by atoms with Gasteiger partial charge < -0.3 is 0 Å². The maximum atomic E-state index is 4.70. The van der Waals surface area contributed by atoms with Gasteiger partial charge in [-0.3, -0.25) is 0 Å². The topological polar surface area (TPSA) is 0 Å². The van der Waals surface area contributed by atoms with Crippen LogP contribution in [0.3, 0.4) is 0 Å². The second-order valence-electron chi connectivity index (χ2n) is 9.50. The molecule has 0 N–H and O–H groups in total. The molecule has 0 heteroatoms. The highest BCUT2D eigenvalue weighted by Crippen LogP contribution is 2.42. The van der Waals surface area contributed by atoms with Gasteiger partial charge in [-0.1, -0.05) is 159 Å². The minimum absolute atomic E-state index is 0.989. The van der Waals surface area contributed by atoms with Crippen LogP contribution in [-0.2, 0) is 0 Å². The zero-order valence-electron chi connectivity index (χ0n) is 21.3. The number of hydrogen-bond donors (Lipinski definition) is 0. The highest BCUT2D eigenvalue weighted by atomic mass is 14.2. The summed E-state index contributed by atoms with van der Waals surface area (Å²) in [6, 6.07) is 46.8. The van der Waals surface area contributed by atoms with Crippen LogP contribution in [0.25, 0.3) is 49.9 Å². The predicted octanol–water partition coefficient (Wildman–Crippen LogP) is 10.4. The van der Waals surface area contributed by atoms with E-state index < -0.39 is 0 Å². The molecule has 0 aliphatic carbocycles. The summed E-state index contributed by atoms with van der Waals surface area (Å²) in [6.45, 7) is 9.21. The van der Waals surface area contributed by atoms with Gasteiger partial charge in [0.05, 0.1) is 0 Å². The molecule has 0 radical (unpaired) electrons. The maximum absolute atomic E-state index is 4.70. The van der Waals surface area contributed by atoms with Crippen molar-refractivity contribution in [3.63, 3.8) is 0 Å². The molecule has 0 unspecified atom stereocenters. The van der Waals surface area contributed by atoms with E-state index in [-0.39, 0.29) is 0 Å². The zero-order chi connectivity index (χ0) is 25.9. The molecule has 0 heterocycles. The van der Waals surface area contributed by atoms with Crippen LogP contribution in [0.1, 0.15) is 22.3 Å². The monoisotopic (exact) mass is 484 g/mol. The summed E-state index contributed by atoms with van der Waals surface area (Å²) in [6.07, 6.45) is 4.26. The fraction of sp³-hybridized carbons (Fsp3) is 0. The summed E-state index contributed by atoms with van der Waals surface area (Å²) in [5, 5.41) is 4.73. The third-order valence-electron chi connectivity index (χ3n) is 7.17. The molecule has 0 nitrogen and oxygen atoms in total. The average molecular weight is 485 g/mol. The third kappa shape index (κ3) is 4.27. The normalized spacial score (nSPS) is 11.3. The van der Waals surface area contributed by atoms with Gasteiger partial charge in [0.15, 0.2) is 0 Å². The lowest BCUT2D eigenvalue weighted by atomic mass is 9.83. The van der Waals surface area contributed by atoms with Gasteiger partial charge in [0.25, 0.3) is 0 Å². The molecule has 0 bridgehead atoms. The lowest BCUT2D eigenvalue weighted by Gasteiger charge is -2.20. The van der Waals surface area contributed by atoms with E-state index >= 15 is 0 Å². The lowest BCUT2D eigenvalue weighted by molar-refractivity contribution is 1.56. The van der Waals surface area contributed by atoms with Crippen LogP contribution in [0.4, 0.5) is 0 Å². The largest absolute Gasteiger partial charge is 0.0911 e. The summed E-state index contributed by atoms with van der Waals surface area (Å²) in [7, 11) is 0. The molecule has 0 atom stereocenters. The van der Waals surface area contributed by atoms with Crippen molar-refractivity contribution in [3.8, 4) is 11.1 Å². The van der Waals surface area contributed by atoms with Gasteiger partial charge in [0.2, 0.25) is 0 Å². The van der Waals surface area contributed by atoms with Gasteiger partial charge in [-0.25, -0.2) is 0 Å². The van der Waals surface area contributed by atoms with Crippen LogP contribution >= 0.6 is 0 Å². The van der Waals surface area contributed by atoms with Gasteiger partial charge in [-0.2, -0.15) is 0 Å². The first-order chi connectivity index (χ1) is 18.7. The maximum Gasteiger partial charge on any atom is -0.00261 e. The number of rotatable bonds is 6. The van der Waals surface area contributed by atoms with Crippen molar-refractivity contribution in [2.45, 2.75) is 0 Å². The van der Waals surface area contributed by atoms with Crippen LogP contribution in [0.15, 0.2) is 153 Å². The smallest absolute Gasteiger partial charge is 0.00261 e. The Hall–Kier alpha value is -4.94. The molecule has 0 aliphatic heterocycles. The second-order valence-corrected chi connectivity index (χ2v) is 9.50. The van der Waals surface area contributed by atoms with E-state index in [4.69, 9.17) is 6.58 Å². The van der Waals surface area contributed by atoms with Crippen LogP contribution in [0.2, 0.25) is 0 Å². The highest BCUT2D eigenvalue weighted by Gasteiger charge is 2.19. The Morgan fingerprint density at radius 3 is 1.55 bits per heavy atom. The molecule has 0 saturated heterocycles.